The van der Waals surface area contributed by atoms with Crippen molar-refractivity contribution in [3.63, 3.8) is 0 Å². The highest BCUT2D eigenvalue weighted by atomic mass is 32.1. The molecule has 2 N–H and O–H groups in total. The fraction of sp³-hybridized carbons (Fsp3) is 0.750. The van der Waals surface area contributed by atoms with Crippen molar-refractivity contribution < 1.29 is 14.6 Å². The third-order valence-electron chi connectivity index (χ3n) is 2.80. The van der Waals surface area contributed by atoms with Gasteiger partial charge in [0.1, 0.15) is 0 Å². The summed E-state index contributed by atoms with van der Waals surface area (Å²) in [7, 11) is 0. The smallest absolute Gasteiger partial charge is 0.0897 e. The van der Waals surface area contributed by atoms with Gasteiger partial charge in [0.25, 0.3) is 0 Å². The second-order valence-corrected chi connectivity index (χ2v) is 5.40. The van der Waals surface area contributed by atoms with Gasteiger partial charge < -0.3 is 19.9 Å². The zero-order chi connectivity index (χ0) is 12.6. The highest BCUT2D eigenvalue weighted by Crippen LogP contribution is 2.11. The summed E-state index contributed by atoms with van der Waals surface area (Å²) < 4.78 is 10.9. The lowest BCUT2D eigenvalue weighted by Crippen LogP contribution is -2.31. The molecule has 18 heavy (non-hydrogen) atoms. The van der Waals surface area contributed by atoms with Crippen LogP contribution in [0.3, 0.4) is 0 Å². The third-order valence-corrected chi connectivity index (χ3v) is 3.58. The fourth-order valence-electron chi connectivity index (χ4n) is 1.86. The largest absolute Gasteiger partial charge is 0.389 e. The average Bonchev–Trinajstić information content (AvgIpc) is 3.01. The molecule has 0 radical (unpaired) electrons. The van der Waals surface area contributed by atoms with Crippen molar-refractivity contribution in [1.82, 2.24) is 10.3 Å². The summed E-state index contributed by atoms with van der Waals surface area (Å²) in [6.07, 6.45) is 3.77. The van der Waals surface area contributed by atoms with E-state index in [1.807, 2.05) is 6.20 Å². The monoisotopic (exact) mass is 272 g/mol. The normalized spacial score (nSPS) is 21.3. The van der Waals surface area contributed by atoms with Crippen molar-refractivity contribution in [2.24, 2.45) is 0 Å². The molecule has 5 nitrogen and oxygen atoms in total. The molecule has 2 rings (SSSR count). The Labute approximate surface area is 111 Å². The summed E-state index contributed by atoms with van der Waals surface area (Å²) in [5.74, 6) is 0. The number of aromatic nitrogens is 1. The van der Waals surface area contributed by atoms with Gasteiger partial charge in [0.05, 0.1) is 30.9 Å². The van der Waals surface area contributed by atoms with E-state index in [9.17, 15) is 5.11 Å². The topological polar surface area (TPSA) is 63.6 Å². The molecular weight excluding hydrogens is 252 g/mol. The maximum absolute atomic E-state index is 9.71. The van der Waals surface area contributed by atoms with E-state index < -0.39 is 6.10 Å². The predicted molar refractivity (Wildman–Crippen MR) is 69.6 cm³/mol. The summed E-state index contributed by atoms with van der Waals surface area (Å²) in [5, 5.41) is 12.9. The lowest BCUT2D eigenvalue weighted by atomic mass is 10.2. The molecule has 1 aliphatic rings. The number of rotatable bonds is 8. The average molecular weight is 272 g/mol. The summed E-state index contributed by atoms with van der Waals surface area (Å²) in [5.41, 5.74) is 1.80. The highest BCUT2D eigenvalue weighted by Gasteiger charge is 2.15. The van der Waals surface area contributed by atoms with Gasteiger partial charge in [-0.15, -0.1) is 11.3 Å². The van der Waals surface area contributed by atoms with Crippen molar-refractivity contribution in [3.05, 3.63) is 16.6 Å². The minimum absolute atomic E-state index is 0.224. The lowest BCUT2D eigenvalue weighted by molar-refractivity contribution is -0.0164. The van der Waals surface area contributed by atoms with Gasteiger partial charge in [-0.3, -0.25) is 4.98 Å². The highest BCUT2D eigenvalue weighted by molar-refractivity contribution is 7.09. The first kappa shape index (κ1) is 13.9. The minimum Gasteiger partial charge on any atom is -0.389 e. The van der Waals surface area contributed by atoms with Crippen LogP contribution in [0.5, 0.6) is 0 Å². The number of ether oxygens (including phenoxy) is 2. The molecule has 0 spiro atoms. The minimum atomic E-state index is -0.473. The van der Waals surface area contributed by atoms with Gasteiger partial charge in [0.15, 0.2) is 0 Å². The van der Waals surface area contributed by atoms with E-state index in [-0.39, 0.29) is 6.10 Å². The Bertz CT molecular complexity index is 315. The summed E-state index contributed by atoms with van der Waals surface area (Å²) in [6, 6.07) is 0. The van der Waals surface area contributed by atoms with Crippen LogP contribution in [0.2, 0.25) is 0 Å². The molecule has 1 aromatic heterocycles. The molecule has 102 valence electrons. The zero-order valence-electron chi connectivity index (χ0n) is 10.4. The van der Waals surface area contributed by atoms with Crippen molar-refractivity contribution in [2.45, 2.75) is 31.6 Å². The number of aliphatic hydroxyl groups is 1. The zero-order valence-corrected chi connectivity index (χ0v) is 11.2. The summed E-state index contributed by atoms with van der Waals surface area (Å²) >= 11 is 1.61. The maximum Gasteiger partial charge on any atom is 0.0897 e. The molecule has 0 amide bonds. The number of aliphatic hydroxyl groups excluding tert-OH is 1. The molecule has 2 heterocycles. The van der Waals surface area contributed by atoms with E-state index in [1.165, 1.54) is 4.88 Å². The summed E-state index contributed by atoms with van der Waals surface area (Å²) in [4.78, 5) is 5.16. The summed E-state index contributed by atoms with van der Waals surface area (Å²) in [6.45, 7) is 3.06. The standard InChI is InChI=1S/C12H20N2O3S/c15-10(4-13-5-12-6-14-9-18-12)7-16-8-11-2-1-3-17-11/h6,9-11,13,15H,1-5,7-8H2. The first-order valence-corrected chi connectivity index (χ1v) is 7.18. The van der Waals surface area contributed by atoms with Crippen LogP contribution in [0.1, 0.15) is 17.7 Å². The second-order valence-electron chi connectivity index (χ2n) is 4.42. The van der Waals surface area contributed by atoms with Crippen LogP contribution >= 0.6 is 11.3 Å². The van der Waals surface area contributed by atoms with Crippen molar-refractivity contribution in [3.8, 4) is 0 Å². The molecule has 1 aromatic rings. The van der Waals surface area contributed by atoms with Crippen LogP contribution in [-0.4, -0.2) is 48.7 Å². The SMILES string of the molecule is OC(CNCc1cncs1)COCC1CCCO1. The first-order chi connectivity index (χ1) is 8.84. The molecule has 1 saturated heterocycles. The number of hydrogen-bond acceptors (Lipinski definition) is 6. The van der Waals surface area contributed by atoms with E-state index >= 15 is 0 Å². The molecule has 1 aliphatic heterocycles. The number of nitrogens with one attached hydrogen (secondary N) is 1. The number of thiazole rings is 1. The van der Waals surface area contributed by atoms with Gasteiger partial charge in [-0.25, -0.2) is 0 Å². The molecule has 6 heteroatoms. The van der Waals surface area contributed by atoms with E-state index in [4.69, 9.17) is 9.47 Å². The Hall–Kier alpha value is -0.530. The van der Waals surface area contributed by atoms with Crippen LogP contribution in [0, 0.1) is 0 Å². The molecule has 0 saturated carbocycles. The van der Waals surface area contributed by atoms with E-state index in [1.54, 1.807) is 16.8 Å². The predicted octanol–water partition coefficient (Wildman–Crippen LogP) is 0.789. The molecule has 0 aromatic carbocycles. The van der Waals surface area contributed by atoms with Gasteiger partial charge in [-0.2, -0.15) is 0 Å². The third kappa shape index (κ3) is 4.99. The Morgan fingerprint density at radius 3 is 3.33 bits per heavy atom. The van der Waals surface area contributed by atoms with Gasteiger partial charge in [-0.1, -0.05) is 0 Å². The molecule has 0 bridgehead atoms. The molecule has 2 atom stereocenters. The van der Waals surface area contributed by atoms with Gasteiger partial charge >= 0.3 is 0 Å². The Balaban J connectivity index is 1.48. The number of nitrogens with zero attached hydrogens (tertiary/aromatic N) is 1. The quantitative estimate of drug-likeness (QED) is 0.732. The molecule has 1 fully saturated rings. The molecule has 0 aliphatic carbocycles. The van der Waals surface area contributed by atoms with Crippen LogP contribution in [0.25, 0.3) is 0 Å². The Morgan fingerprint density at radius 2 is 2.61 bits per heavy atom. The van der Waals surface area contributed by atoms with E-state index in [2.05, 4.69) is 10.3 Å². The fourth-order valence-corrected chi connectivity index (χ4v) is 2.43. The first-order valence-electron chi connectivity index (χ1n) is 6.30. The van der Waals surface area contributed by atoms with Crippen molar-refractivity contribution in [2.75, 3.05) is 26.4 Å². The van der Waals surface area contributed by atoms with Crippen LogP contribution in [0.4, 0.5) is 0 Å². The Morgan fingerprint density at radius 1 is 1.67 bits per heavy atom. The van der Waals surface area contributed by atoms with Gasteiger partial charge in [0.2, 0.25) is 0 Å². The number of hydrogen-bond donors (Lipinski definition) is 2. The van der Waals surface area contributed by atoms with Crippen LogP contribution < -0.4 is 5.32 Å². The van der Waals surface area contributed by atoms with Crippen molar-refractivity contribution in [1.29, 1.82) is 0 Å². The van der Waals surface area contributed by atoms with Gasteiger partial charge in [-0.05, 0) is 12.8 Å². The van der Waals surface area contributed by atoms with Crippen LogP contribution in [0.15, 0.2) is 11.7 Å². The maximum atomic E-state index is 9.71. The van der Waals surface area contributed by atoms with Crippen molar-refractivity contribution >= 4 is 11.3 Å². The van der Waals surface area contributed by atoms with E-state index in [0.717, 1.165) is 26.0 Å². The second kappa shape index (κ2) is 7.81. The van der Waals surface area contributed by atoms with E-state index in [0.29, 0.717) is 19.8 Å². The molecule has 2 unspecified atom stereocenters. The molecular formula is C12H20N2O3S. The van der Waals surface area contributed by atoms with Crippen LogP contribution in [-0.2, 0) is 16.0 Å². The lowest BCUT2D eigenvalue weighted by Gasteiger charge is -2.14. The van der Waals surface area contributed by atoms with Gasteiger partial charge in [0, 0.05) is 30.8 Å². The Kier molecular flexibility index (Phi) is 6.02.